The Kier molecular flexibility index (Phi) is 4.90. The molecule has 4 saturated carbocycles. The number of alkyl halides is 4. The molecular weight excluding hydrogens is 452 g/mol. The van der Waals surface area contributed by atoms with Crippen LogP contribution in [-0.4, -0.2) is 75.6 Å². The molecule has 11 heteroatoms. The van der Waals surface area contributed by atoms with Crippen molar-refractivity contribution >= 4 is 5.82 Å². The summed E-state index contributed by atoms with van der Waals surface area (Å²) in [5, 5.41) is 0. The average molecular weight is 481 g/mol. The number of aromatic nitrogens is 3. The highest BCUT2D eigenvalue weighted by atomic mass is 19.4. The number of hydrogen-bond donors (Lipinski definition) is 1. The van der Waals surface area contributed by atoms with Gasteiger partial charge in [-0.2, -0.15) is 0 Å². The number of pyridine rings is 1. The lowest BCUT2D eigenvalue weighted by molar-refractivity contribution is -0.274. The summed E-state index contributed by atoms with van der Waals surface area (Å²) < 4.78 is 57.3. The monoisotopic (exact) mass is 480 g/mol. The van der Waals surface area contributed by atoms with Crippen LogP contribution in [0, 0.1) is 0 Å². The van der Waals surface area contributed by atoms with Gasteiger partial charge in [-0.15, -0.1) is 13.2 Å². The van der Waals surface area contributed by atoms with Crippen LogP contribution in [0.3, 0.4) is 0 Å². The van der Waals surface area contributed by atoms with Crippen LogP contribution in [0.1, 0.15) is 43.8 Å². The maximum atomic E-state index is 12.8. The van der Waals surface area contributed by atoms with Gasteiger partial charge in [0.15, 0.2) is 11.6 Å². The van der Waals surface area contributed by atoms with Crippen molar-refractivity contribution in [1.82, 2.24) is 24.3 Å². The number of halogens is 4. The molecule has 5 aliphatic rings. The third-order valence-corrected chi connectivity index (χ3v) is 8.01. The number of nitrogens with zero attached hydrogens (tertiary/aromatic N) is 5. The highest BCUT2D eigenvalue weighted by molar-refractivity contribution is 5.64. The lowest BCUT2D eigenvalue weighted by Crippen LogP contribution is -2.80. The largest absolute Gasteiger partial charge is 0.573 e. The van der Waals surface area contributed by atoms with E-state index >= 15 is 0 Å². The number of anilines is 1. The first-order valence-corrected chi connectivity index (χ1v) is 11.9. The molecule has 0 aromatic carbocycles. The minimum Gasteiger partial charge on any atom is -0.402 e. The van der Waals surface area contributed by atoms with Crippen LogP contribution in [0.15, 0.2) is 18.5 Å². The number of imidazole rings is 1. The first-order chi connectivity index (χ1) is 16.2. The maximum absolute atomic E-state index is 12.8. The van der Waals surface area contributed by atoms with E-state index in [1.807, 2.05) is 6.20 Å². The van der Waals surface area contributed by atoms with Gasteiger partial charge in [0, 0.05) is 62.1 Å². The van der Waals surface area contributed by atoms with Crippen molar-refractivity contribution in [2.75, 3.05) is 45.1 Å². The van der Waals surface area contributed by atoms with Crippen molar-refractivity contribution in [3.63, 3.8) is 0 Å². The second-order valence-corrected chi connectivity index (χ2v) is 10.3. The molecule has 7 rings (SSSR count). The van der Waals surface area contributed by atoms with E-state index in [1.165, 1.54) is 12.3 Å². The van der Waals surface area contributed by atoms with Gasteiger partial charge in [0.25, 0.3) is 0 Å². The highest BCUT2D eigenvalue weighted by Crippen LogP contribution is 2.69. The number of hydrogen-bond acceptors (Lipinski definition) is 6. The molecule has 2 bridgehead atoms. The molecule has 34 heavy (non-hydrogen) atoms. The topological polar surface area (TPSA) is 72.4 Å². The molecule has 2 aromatic heterocycles. The number of nitrogens with two attached hydrogens (primary N) is 1. The molecule has 0 amide bonds. The summed E-state index contributed by atoms with van der Waals surface area (Å²) in [6.45, 7) is 3.98. The normalized spacial score (nSPS) is 29.5. The van der Waals surface area contributed by atoms with Crippen LogP contribution in [0.25, 0.3) is 11.3 Å². The van der Waals surface area contributed by atoms with E-state index in [1.54, 1.807) is 0 Å². The summed E-state index contributed by atoms with van der Waals surface area (Å²) in [5.41, 5.74) is 6.91. The van der Waals surface area contributed by atoms with Crippen molar-refractivity contribution in [2.24, 2.45) is 0 Å². The fourth-order valence-electron chi connectivity index (χ4n) is 6.18. The zero-order chi connectivity index (χ0) is 23.7. The van der Waals surface area contributed by atoms with E-state index in [9.17, 15) is 17.6 Å². The molecule has 0 spiro atoms. The second-order valence-electron chi connectivity index (χ2n) is 10.3. The van der Waals surface area contributed by atoms with E-state index in [2.05, 4.69) is 24.1 Å². The van der Waals surface area contributed by atoms with E-state index in [0.717, 1.165) is 64.1 Å². The maximum Gasteiger partial charge on any atom is 0.573 e. The van der Waals surface area contributed by atoms with Gasteiger partial charge in [-0.05, 0) is 38.2 Å². The summed E-state index contributed by atoms with van der Waals surface area (Å²) in [7, 11) is 0. The van der Waals surface area contributed by atoms with Crippen molar-refractivity contribution in [3.8, 4) is 17.0 Å². The quantitative estimate of drug-likeness (QED) is 0.612. The van der Waals surface area contributed by atoms with Gasteiger partial charge in [-0.25, -0.2) is 14.4 Å². The van der Waals surface area contributed by atoms with Crippen molar-refractivity contribution in [3.05, 3.63) is 24.3 Å². The highest BCUT2D eigenvalue weighted by Gasteiger charge is 2.71. The third-order valence-electron chi connectivity index (χ3n) is 8.01. The fourth-order valence-corrected chi connectivity index (χ4v) is 6.18. The fraction of sp³-hybridized carbons (Fsp3) is 0.652. The summed E-state index contributed by atoms with van der Waals surface area (Å²) in [4.78, 5) is 13.5. The molecule has 1 saturated heterocycles. The average Bonchev–Trinajstić information content (AvgIpc) is 3.48. The van der Waals surface area contributed by atoms with Gasteiger partial charge < -0.3 is 15.0 Å². The number of nitrogen functional groups attached to an aromatic ring is 1. The Bertz CT molecular complexity index is 1070. The van der Waals surface area contributed by atoms with Crippen LogP contribution in [-0.2, 0) is 5.54 Å². The molecule has 1 aliphatic heterocycles. The second kappa shape index (κ2) is 7.55. The van der Waals surface area contributed by atoms with Crippen LogP contribution in [0.4, 0.5) is 23.4 Å². The van der Waals surface area contributed by atoms with Gasteiger partial charge in [0.05, 0.1) is 11.2 Å². The molecule has 3 heterocycles. The third kappa shape index (κ3) is 3.64. The van der Waals surface area contributed by atoms with Crippen LogP contribution in [0.5, 0.6) is 5.75 Å². The van der Waals surface area contributed by atoms with Gasteiger partial charge >= 0.3 is 6.36 Å². The molecule has 0 unspecified atom stereocenters. The van der Waals surface area contributed by atoms with E-state index in [4.69, 9.17) is 10.7 Å². The molecule has 5 fully saturated rings. The van der Waals surface area contributed by atoms with Crippen molar-refractivity contribution in [2.45, 2.75) is 55.5 Å². The molecular formula is C23H28F4N6O. The number of rotatable bonds is 7. The van der Waals surface area contributed by atoms with Crippen molar-refractivity contribution < 1.29 is 22.3 Å². The zero-order valence-electron chi connectivity index (χ0n) is 18.8. The Hall–Kier alpha value is -2.40. The Labute approximate surface area is 194 Å². The van der Waals surface area contributed by atoms with Crippen molar-refractivity contribution in [1.29, 1.82) is 0 Å². The number of piperazine rings is 1. The molecule has 2 aromatic rings. The van der Waals surface area contributed by atoms with E-state index in [-0.39, 0.29) is 23.6 Å². The van der Waals surface area contributed by atoms with E-state index in [0.29, 0.717) is 23.7 Å². The standard InChI is InChI=1S/C23H28F4N6O/c24-3-4-31-5-7-32(8-6-31)21-12-22(13-21,14-21)33-11-17(30-20(33)15-1-2-15)16-9-18(19(28)29-10-16)34-23(25,26)27/h9-11,15H,1-8,12-14H2,(H2,28,29). The molecule has 0 atom stereocenters. The van der Waals surface area contributed by atoms with Crippen LogP contribution < -0.4 is 10.5 Å². The van der Waals surface area contributed by atoms with Gasteiger partial charge in [0.1, 0.15) is 12.5 Å². The van der Waals surface area contributed by atoms with Gasteiger partial charge in [-0.3, -0.25) is 9.80 Å². The number of ether oxygens (including phenoxy) is 1. The first-order valence-electron chi connectivity index (χ1n) is 11.9. The summed E-state index contributed by atoms with van der Waals surface area (Å²) in [6, 6.07) is 1.26. The van der Waals surface area contributed by atoms with Gasteiger partial charge in [-0.1, -0.05) is 0 Å². The van der Waals surface area contributed by atoms with Gasteiger partial charge in [0.2, 0.25) is 0 Å². The predicted molar refractivity (Wildman–Crippen MR) is 117 cm³/mol. The molecule has 2 N–H and O–H groups in total. The minimum absolute atomic E-state index is 0.0335. The van der Waals surface area contributed by atoms with E-state index < -0.39 is 12.1 Å². The Morgan fingerprint density at radius 1 is 1.09 bits per heavy atom. The SMILES string of the molecule is Nc1ncc(-c2cn(C34CC(N5CCN(CCF)CC5)(C3)C4)c(C3CC3)n2)cc1OC(F)(F)F. The lowest BCUT2D eigenvalue weighted by atomic mass is 9.43. The predicted octanol–water partition coefficient (Wildman–Crippen LogP) is 3.52. The van der Waals surface area contributed by atoms with Crippen LogP contribution >= 0.6 is 0 Å². The Morgan fingerprint density at radius 3 is 2.41 bits per heavy atom. The Morgan fingerprint density at radius 2 is 1.79 bits per heavy atom. The zero-order valence-corrected chi connectivity index (χ0v) is 18.8. The molecule has 7 nitrogen and oxygen atoms in total. The summed E-state index contributed by atoms with van der Waals surface area (Å²) >= 11 is 0. The smallest absolute Gasteiger partial charge is 0.402 e. The summed E-state index contributed by atoms with van der Waals surface area (Å²) in [6.07, 6.45) is 3.91. The lowest BCUT2D eigenvalue weighted by Gasteiger charge is -2.75. The molecule has 184 valence electrons. The summed E-state index contributed by atoms with van der Waals surface area (Å²) in [5.74, 6) is 0.599. The van der Waals surface area contributed by atoms with Crippen LogP contribution in [0.2, 0.25) is 0 Å². The first kappa shape index (κ1) is 22.1. The molecule has 4 aliphatic carbocycles. The Balaban J connectivity index is 1.21. The molecule has 0 radical (unpaired) electrons. The minimum atomic E-state index is -4.84.